The first-order chi connectivity index (χ1) is 14.1. The summed E-state index contributed by atoms with van der Waals surface area (Å²) in [5.74, 6) is -0.153. The van der Waals surface area contributed by atoms with Gasteiger partial charge >= 0.3 is 0 Å². The fourth-order valence-electron chi connectivity index (χ4n) is 3.57. The maximum Gasteiger partial charge on any atom is 0.258 e. The van der Waals surface area contributed by atoms with Crippen LogP contribution in [0.25, 0.3) is 10.9 Å². The SMILES string of the molecule is CO/C=N\C1=C(C#N)C(c2ccc(Cl)cc2)c2c(c3ccccc3n(C)c2=O)O1. The lowest BCUT2D eigenvalue weighted by Gasteiger charge is -2.27. The van der Waals surface area contributed by atoms with E-state index in [4.69, 9.17) is 21.1 Å². The molecule has 0 amide bonds. The summed E-state index contributed by atoms with van der Waals surface area (Å²) in [7, 11) is 3.16. The third-order valence-electron chi connectivity index (χ3n) is 4.90. The van der Waals surface area contributed by atoms with Gasteiger partial charge in [0.2, 0.25) is 5.88 Å². The van der Waals surface area contributed by atoms with Crippen molar-refractivity contribution >= 4 is 28.9 Å². The minimum atomic E-state index is -0.645. The average Bonchev–Trinajstić information content (AvgIpc) is 2.75. The number of aliphatic imine (C=N–C) groups is 1. The molecule has 1 aliphatic heterocycles. The zero-order valence-electron chi connectivity index (χ0n) is 15.7. The number of fused-ring (bicyclic) bond motifs is 3. The smallest absolute Gasteiger partial charge is 0.258 e. The molecule has 0 radical (unpaired) electrons. The fraction of sp³-hybridized carbons (Fsp3) is 0.136. The molecule has 0 saturated carbocycles. The Morgan fingerprint density at radius 1 is 1.24 bits per heavy atom. The van der Waals surface area contributed by atoms with Crippen molar-refractivity contribution < 1.29 is 9.47 Å². The fourth-order valence-corrected chi connectivity index (χ4v) is 3.70. The number of hydrogen-bond donors (Lipinski definition) is 0. The van der Waals surface area contributed by atoms with Gasteiger partial charge in [0.15, 0.2) is 6.40 Å². The lowest BCUT2D eigenvalue weighted by Crippen LogP contribution is -2.29. The van der Waals surface area contributed by atoms with Crippen LogP contribution in [0.5, 0.6) is 5.75 Å². The molecule has 6 nitrogen and oxygen atoms in total. The molecule has 0 spiro atoms. The Hall–Kier alpha value is -3.56. The molecule has 0 fully saturated rings. The molecule has 0 N–H and O–H groups in total. The minimum Gasteiger partial charge on any atom is -0.486 e. The summed E-state index contributed by atoms with van der Waals surface area (Å²) >= 11 is 6.05. The van der Waals surface area contributed by atoms with Crippen LogP contribution in [-0.4, -0.2) is 18.1 Å². The molecule has 1 aliphatic rings. The van der Waals surface area contributed by atoms with Gasteiger partial charge in [-0.05, 0) is 29.8 Å². The van der Waals surface area contributed by atoms with Crippen LogP contribution < -0.4 is 10.3 Å². The van der Waals surface area contributed by atoms with Gasteiger partial charge < -0.3 is 14.0 Å². The highest BCUT2D eigenvalue weighted by atomic mass is 35.5. The number of halogens is 1. The second-order valence-electron chi connectivity index (χ2n) is 6.51. The monoisotopic (exact) mass is 405 g/mol. The van der Waals surface area contributed by atoms with Crippen molar-refractivity contribution in [1.82, 2.24) is 4.57 Å². The third kappa shape index (κ3) is 3.06. The summed E-state index contributed by atoms with van der Waals surface area (Å²) < 4.78 is 12.5. The number of pyridine rings is 1. The number of benzene rings is 2. The molecule has 2 aromatic carbocycles. The lowest BCUT2D eigenvalue weighted by atomic mass is 9.83. The normalized spacial score (nSPS) is 15.9. The summed E-state index contributed by atoms with van der Waals surface area (Å²) in [6, 6.07) is 16.7. The molecule has 144 valence electrons. The summed E-state index contributed by atoms with van der Waals surface area (Å²) in [5.41, 5.74) is 1.85. The Morgan fingerprint density at radius 2 is 1.97 bits per heavy atom. The van der Waals surface area contributed by atoms with Crippen LogP contribution in [0.4, 0.5) is 0 Å². The number of rotatable bonds is 3. The molecule has 1 unspecified atom stereocenters. The van der Waals surface area contributed by atoms with Crippen LogP contribution >= 0.6 is 11.6 Å². The summed E-state index contributed by atoms with van der Waals surface area (Å²) in [6.07, 6.45) is 1.19. The van der Waals surface area contributed by atoms with Crippen molar-refractivity contribution in [1.29, 1.82) is 5.26 Å². The summed E-state index contributed by atoms with van der Waals surface area (Å²) in [5, 5.41) is 11.2. The van der Waals surface area contributed by atoms with Gasteiger partial charge in [0, 0.05) is 17.5 Å². The van der Waals surface area contributed by atoms with Crippen LogP contribution in [0.1, 0.15) is 17.0 Å². The highest BCUT2D eigenvalue weighted by Crippen LogP contribution is 2.44. The Labute approximate surface area is 171 Å². The number of nitriles is 1. The number of nitrogens with zero attached hydrogens (tertiary/aromatic N) is 3. The molecule has 4 rings (SSSR count). The molecule has 1 atom stereocenters. The Morgan fingerprint density at radius 3 is 2.66 bits per heavy atom. The predicted octanol–water partition coefficient (Wildman–Crippen LogP) is 4.13. The van der Waals surface area contributed by atoms with Crippen molar-refractivity contribution in [2.24, 2.45) is 12.0 Å². The largest absolute Gasteiger partial charge is 0.486 e. The highest BCUT2D eigenvalue weighted by molar-refractivity contribution is 6.30. The minimum absolute atomic E-state index is 0.0974. The first kappa shape index (κ1) is 18.8. The van der Waals surface area contributed by atoms with E-state index in [2.05, 4.69) is 11.1 Å². The standard InChI is InChI=1S/C22H16ClN3O3/c1-26-17-6-4-3-5-15(17)20-19(22(26)27)18(13-7-9-14(23)10-8-13)16(11-24)21(29-20)25-12-28-2/h3-10,12,18H,1-2H3/b25-12-. The van der Waals surface area contributed by atoms with Gasteiger partial charge in [0.25, 0.3) is 5.56 Å². The van der Waals surface area contributed by atoms with Gasteiger partial charge in [0.1, 0.15) is 17.4 Å². The van der Waals surface area contributed by atoms with E-state index >= 15 is 0 Å². The number of hydrogen-bond acceptors (Lipinski definition) is 5. The molecular weight excluding hydrogens is 390 g/mol. The molecule has 0 saturated heterocycles. The number of ether oxygens (including phenoxy) is 2. The number of para-hydroxylation sites is 1. The summed E-state index contributed by atoms with van der Waals surface area (Å²) in [6.45, 7) is 0. The Kier molecular flexibility index (Phi) is 4.83. The van der Waals surface area contributed by atoms with E-state index in [0.29, 0.717) is 16.3 Å². The summed E-state index contributed by atoms with van der Waals surface area (Å²) in [4.78, 5) is 17.5. The van der Waals surface area contributed by atoms with Crippen molar-refractivity contribution in [3.05, 3.63) is 86.5 Å². The average molecular weight is 406 g/mol. The van der Waals surface area contributed by atoms with E-state index in [1.807, 2.05) is 24.3 Å². The number of allylic oxidation sites excluding steroid dienone is 1. The Bertz CT molecular complexity index is 1270. The van der Waals surface area contributed by atoms with Crippen LogP contribution in [-0.2, 0) is 11.8 Å². The molecule has 3 aromatic rings. The van der Waals surface area contributed by atoms with E-state index in [9.17, 15) is 10.1 Å². The van der Waals surface area contributed by atoms with Crippen molar-refractivity contribution in [3.8, 4) is 11.8 Å². The van der Waals surface area contributed by atoms with E-state index in [-0.39, 0.29) is 17.0 Å². The molecule has 0 bridgehead atoms. The highest BCUT2D eigenvalue weighted by Gasteiger charge is 2.36. The van der Waals surface area contributed by atoms with Crippen LogP contribution in [0.15, 0.2) is 69.8 Å². The maximum absolute atomic E-state index is 13.3. The van der Waals surface area contributed by atoms with Crippen LogP contribution in [0, 0.1) is 11.3 Å². The van der Waals surface area contributed by atoms with Crippen molar-refractivity contribution in [2.45, 2.75) is 5.92 Å². The molecule has 29 heavy (non-hydrogen) atoms. The first-order valence-electron chi connectivity index (χ1n) is 8.81. The second-order valence-corrected chi connectivity index (χ2v) is 6.95. The van der Waals surface area contributed by atoms with Crippen molar-refractivity contribution in [3.63, 3.8) is 0 Å². The lowest BCUT2D eigenvalue weighted by molar-refractivity contribution is 0.383. The van der Waals surface area contributed by atoms with E-state index < -0.39 is 5.92 Å². The van der Waals surface area contributed by atoms with Gasteiger partial charge in [-0.1, -0.05) is 35.9 Å². The Balaban J connectivity index is 2.11. The molecule has 0 aliphatic carbocycles. The molecular formula is C22H16ClN3O3. The van der Waals surface area contributed by atoms with Gasteiger partial charge in [-0.25, -0.2) is 0 Å². The number of aryl methyl sites for hydroxylation is 1. The quantitative estimate of drug-likeness (QED) is 0.485. The second kappa shape index (κ2) is 7.46. The van der Waals surface area contributed by atoms with Crippen molar-refractivity contribution in [2.75, 3.05) is 7.11 Å². The first-order valence-corrected chi connectivity index (χ1v) is 9.19. The number of methoxy groups -OCH3 is 1. The third-order valence-corrected chi connectivity index (χ3v) is 5.15. The zero-order chi connectivity index (χ0) is 20.5. The van der Waals surface area contributed by atoms with E-state index in [0.717, 1.165) is 16.5 Å². The van der Waals surface area contributed by atoms with E-state index in [1.54, 1.807) is 35.9 Å². The molecule has 1 aromatic heterocycles. The van der Waals surface area contributed by atoms with Gasteiger partial charge in [-0.15, -0.1) is 0 Å². The van der Waals surface area contributed by atoms with Crippen LogP contribution in [0.3, 0.4) is 0 Å². The zero-order valence-corrected chi connectivity index (χ0v) is 16.5. The number of aromatic nitrogens is 1. The molecule has 7 heteroatoms. The van der Waals surface area contributed by atoms with Crippen LogP contribution in [0.2, 0.25) is 5.02 Å². The predicted molar refractivity (Wildman–Crippen MR) is 111 cm³/mol. The van der Waals surface area contributed by atoms with Gasteiger partial charge in [-0.2, -0.15) is 10.3 Å². The van der Waals surface area contributed by atoms with Gasteiger partial charge in [0.05, 0.1) is 24.1 Å². The topological polar surface area (TPSA) is 76.6 Å². The van der Waals surface area contributed by atoms with Gasteiger partial charge in [-0.3, -0.25) is 4.79 Å². The molecule has 2 heterocycles. The van der Waals surface area contributed by atoms with E-state index in [1.165, 1.54) is 13.5 Å². The maximum atomic E-state index is 13.3.